The average Bonchev–Trinajstić information content (AvgIpc) is 2.39. The molecule has 0 aromatic carbocycles. The monoisotopic (exact) mass is 264 g/mol. The Labute approximate surface area is 114 Å². The van der Waals surface area contributed by atoms with E-state index in [1.807, 2.05) is 0 Å². The van der Waals surface area contributed by atoms with Crippen molar-refractivity contribution in [1.29, 1.82) is 0 Å². The molecule has 0 unspecified atom stereocenters. The number of hydrogen-bond acceptors (Lipinski definition) is 2. The van der Waals surface area contributed by atoms with Gasteiger partial charge in [-0.3, -0.25) is 4.79 Å². The van der Waals surface area contributed by atoms with Gasteiger partial charge in [0.05, 0.1) is 19.1 Å². The molecule has 5 atom stereocenters. The third-order valence-corrected chi connectivity index (χ3v) is 6.17. The Kier molecular flexibility index (Phi) is 2.68. The average molecular weight is 264 g/mol. The lowest BCUT2D eigenvalue weighted by atomic mass is 9.70. The van der Waals surface area contributed by atoms with E-state index in [4.69, 9.17) is 0 Å². The van der Waals surface area contributed by atoms with Gasteiger partial charge in [0.2, 0.25) is 5.91 Å². The van der Waals surface area contributed by atoms with Crippen LogP contribution in [0.1, 0.15) is 44.9 Å². The molecule has 0 aromatic heterocycles. The molecule has 4 fully saturated rings. The first-order valence-corrected chi connectivity index (χ1v) is 8.05. The van der Waals surface area contributed by atoms with Gasteiger partial charge in [-0.2, -0.15) is 0 Å². The summed E-state index contributed by atoms with van der Waals surface area (Å²) in [6.07, 6.45) is 7.52. The van der Waals surface area contributed by atoms with Crippen molar-refractivity contribution in [3.8, 4) is 0 Å². The number of rotatable bonds is 0. The fraction of sp³-hybridized carbons (Fsp3) is 0.933. The SMILES string of the molecule is O=C1CCC[C@@H]2[C@H]3C[C@H](CN12)[C@@H]1CCCC[N@@+]1([O-])C3. The number of piperidine rings is 4. The Morgan fingerprint density at radius 2 is 2.05 bits per heavy atom. The van der Waals surface area contributed by atoms with E-state index >= 15 is 0 Å². The van der Waals surface area contributed by atoms with E-state index in [1.54, 1.807) is 0 Å². The van der Waals surface area contributed by atoms with E-state index in [0.29, 0.717) is 29.8 Å². The van der Waals surface area contributed by atoms with Crippen molar-refractivity contribution >= 4 is 5.91 Å². The van der Waals surface area contributed by atoms with Gasteiger partial charge >= 0.3 is 0 Å². The fourth-order valence-electron chi connectivity index (χ4n) is 5.40. The molecule has 2 bridgehead atoms. The first-order valence-electron chi connectivity index (χ1n) is 8.05. The minimum absolute atomic E-state index is 0.0772. The van der Waals surface area contributed by atoms with Crippen molar-refractivity contribution in [3.05, 3.63) is 5.21 Å². The first kappa shape index (κ1) is 12.2. The summed E-state index contributed by atoms with van der Waals surface area (Å²) in [5.74, 6) is 1.32. The molecule has 4 nitrogen and oxygen atoms in total. The van der Waals surface area contributed by atoms with Crippen molar-refractivity contribution < 1.29 is 9.44 Å². The van der Waals surface area contributed by atoms with E-state index in [0.717, 1.165) is 51.7 Å². The van der Waals surface area contributed by atoms with Crippen molar-refractivity contribution in [3.63, 3.8) is 0 Å². The fourth-order valence-corrected chi connectivity index (χ4v) is 5.40. The molecule has 19 heavy (non-hydrogen) atoms. The Morgan fingerprint density at radius 3 is 2.95 bits per heavy atom. The molecule has 0 radical (unpaired) electrons. The second-order valence-electron chi connectivity index (χ2n) is 7.18. The first-order chi connectivity index (χ1) is 9.17. The van der Waals surface area contributed by atoms with Crippen molar-refractivity contribution in [2.75, 3.05) is 19.6 Å². The lowest BCUT2D eigenvalue weighted by Crippen LogP contribution is -2.69. The summed E-state index contributed by atoms with van der Waals surface area (Å²) in [5.41, 5.74) is 0. The van der Waals surface area contributed by atoms with Crippen LogP contribution in [0.15, 0.2) is 0 Å². The molecule has 4 aliphatic heterocycles. The number of hydrogen-bond donors (Lipinski definition) is 0. The third-order valence-electron chi connectivity index (χ3n) is 6.17. The minimum Gasteiger partial charge on any atom is -0.633 e. The lowest BCUT2D eigenvalue weighted by molar-refractivity contribution is -0.925. The van der Waals surface area contributed by atoms with Crippen molar-refractivity contribution in [1.82, 2.24) is 4.90 Å². The number of carbonyl (C=O) groups is 1. The molecular formula is C15H24N2O2. The Morgan fingerprint density at radius 1 is 1.16 bits per heavy atom. The summed E-state index contributed by atoms with van der Waals surface area (Å²) < 4.78 is 0.0772. The third kappa shape index (κ3) is 1.76. The number of amides is 1. The van der Waals surface area contributed by atoms with Gasteiger partial charge in [-0.1, -0.05) is 0 Å². The van der Waals surface area contributed by atoms with Crippen LogP contribution < -0.4 is 0 Å². The van der Waals surface area contributed by atoms with Crippen LogP contribution in [0.4, 0.5) is 0 Å². The largest absolute Gasteiger partial charge is 0.633 e. The molecule has 4 rings (SSSR count). The van der Waals surface area contributed by atoms with Gasteiger partial charge in [-0.05, 0) is 32.1 Å². The highest BCUT2D eigenvalue weighted by Gasteiger charge is 2.52. The van der Waals surface area contributed by atoms with E-state index in [-0.39, 0.29) is 4.65 Å². The Bertz CT molecular complexity index is 400. The van der Waals surface area contributed by atoms with Crippen LogP contribution in [0.5, 0.6) is 0 Å². The molecule has 0 aromatic rings. The van der Waals surface area contributed by atoms with Crippen LogP contribution in [0.2, 0.25) is 0 Å². The van der Waals surface area contributed by atoms with Gasteiger partial charge in [0, 0.05) is 37.3 Å². The number of carbonyl (C=O) groups excluding carboxylic acids is 1. The summed E-state index contributed by atoms with van der Waals surface area (Å²) in [6, 6.07) is 0.685. The second-order valence-corrected chi connectivity index (χ2v) is 7.18. The van der Waals surface area contributed by atoms with Gasteiger partial charge in [-0.25, -0.2) is 0 Å². The van der Waals surface area contributed by atoms with Gasteiger partial charge in [0.1, 0.15) is 0 Å². The molecule has 0 saturated carbocycles. The topological polar surface area (TPSA) is 43.4 Å². The van der Waals surface area contributed by atoms with Gasteiger partial charge in [0.25, 0.3) is 0 Å². The maximum absolute atomic E-state index is 13.1. The van der Waals surface area contributed by atoms with Crippen molar-refractivity contribution in [2.24, 2.45) is 11.8 Å². The minimum atomic E-state index is 0.0772. The summed E-state index contributed by atoms with van der Waals surface area (Å²) in [7, 11) is 0. The summed E-state index contributed by atoms with van der Waals surface area (Å²) in [6.45, 7) is 2.50. The maximum atomic E-state index is 13.1. The smallest absolute Gasteiger partial charge is 0.222 e. The number of hydroxylamine groups is 3. The standard InChI is InChI=1S/C15H24N2O2/c18-15-6-3-4-13-12-8-11(9-16(13)15)14-5-1-2-7-17(14,19)10-12/h11-14H,1-10H2/t11-,12+,13-,14+,17-/m1/s1. The van der Waals surface area contributed by atoms with Gasteiger partial charge < -0.3 is 14.8 Å². The molecular weight excluding hydrogens is 240 g/mol. The highest BCUT2D eigenvalue weighted by Crippen LogP contribution is 2.46. The molecule has 4 aliphatic rings. The molecule has 106 valence electrons. The Balaban J connectivity index is 1.64. The quantitative estimate of drug-likeness (QED) is 0.495. The van der Waals surface area contributed by atoms with E-state index in [1.165, 1.54) is 12.8 Å². The van der Waals surface area contributed by atoms with Crippen LogP contribution in [0, 0.1) is 17.0 Å². The summed E-state index contributed by atoms with van der Waals surface area (Å²) >= 11 is 0. The highest BCUT2D eigenvalue weighted by molar-refractivity contribution is 5.77. The number of nitrogens with zero attached hydrogens (tertiary/aromatic N) is 2. The molecule has 0 spiro atoms. The molecule has 1 amide bonds. The zero-order chi connectivity index (χ0) is 13.0. The summed E-state index contributed by atoms with van der Waals surface area (Å²) in [5, 5.41) is 13.1. The lowest BCUT2D eigenvalue weighted by Gasteiger charge is -2.63. The molecule has 4 heteroatoms. The normalized spacial score (nSPS) is 49.5. The molecule has 4 heterocycles. The van der Waals surface area contributed by atoms with E-state index in [2.05, 4.69) is 4.90 Å². The zero-order valence-electron chi connectivity index (χ0n) is 11.6. The van der Waals surface area contributed by atoms with Gasteiger partial charge in [0.15, 0.2) is 0 Å². The van der Waals surface area contributed by atoms with Crippen LogP contribution in [-0.2, 0) is 4.79 Å². The number of fused-ring (bicyclic) bond motifs is 6. The number of quaternary nitrogens is 1. The molecule has 0 aliphatic carbocycles. The molecule has 0 N–H and O–H groups in total. The van der Waals surface area contributed by atoms with Crippen LogP contribution in [0.25, 0.3) is 0 Å². The second kappa shape index (κ2) is 4.19. The van der Waals surface area contributed by atoms with Crippen LogP contribution >= 0.6 is 0 Å². The molecule has 4 saturated heterocycles. The predicted octanol–water partition coefficient (Wildman–Crippen LogP) is 1.88. The van der Waals surface area contributed by atoms with E-state index < -0.39 is 0 Å². The summed E-state index contributed by atoms with van der Waals surface area (Å²) in [4.78, 5) is 14.3. The van der Waals surface area contributed by atoms with Crippen LogP contribution in [0.3, 0.4) is 0 Å². The maximum Gasteiger partial charge on any atom is 0.222 e. The van der Waals surface area contributed by atoms with E-state index in [9.17, 15) is 10.0 Å². The van der Waals surface area contributed by atoms with Crippen LogP contribution in [-0.4, -0.2) is 47.2 Å². The Hall–Kier alpha value is -0.610. The van der Waals surface area contributed by atoms with Crippen molar-refractivity contribution in [2.45, 2.75) is 57.0 Å². The highest BCUT2D eigenvalue weighted by atomic mass is 16.5. The zero-order valence-corrected chi connectivity index (χ0v) is 11.6. The van der Waals surface area contributed by atoms with Gasteiger partial charge in [-0.15, -0.1) is 0 Å². The predicted molar refractivity (Wildman–Crippen MR) is 71.9 cm³/mol.